The predicted octanol–water partition coefficient (Wildman–Crippen LogP) is 6.83. The molecule has 1 saturated heterocycles. The Morgan fingerprint density at radius 3 is 2.51 bits per heavy atom. The first-order valence-corrected chi connectivity index (χ1v) is 11.9. The highest BCUT2D eigenvalue weighted by Crippen LogP contribution is 2.36. The highest BCUT2D eigenvalue weighted by atomic mass is 35.5. The Labute approximate surface area is 210 Å². The Balaban J connectivity index is 1.52. The Morgan fingerprint density at radius 2 is 1.77 bits per heavy atom. The molecule has 180 valence electrons. The predicted molar refractivity (Wildman–Crippen MR) is 131 cm³/mol. The molecule has 1 heterocycles. The number of carbonyl (C=O) groups is 2. The zero-order valence-electron chi connectivity index (χ0n) is 18.6. The van der Waals surface area contributed by atoms with Crippen LogP contribution in [-0.2, 0) is 17.9 Å². The van der Waals surface area contributed by atoms with Crippen molar-refractivity contribution in [1.29, 1.82) is 0 Å². The van der Waals surface area contributed by atoms with E-state index in [-0.39, 0.29) is 28.9 Å². The van der Waals surface area contributed by atoms with E-state index in [1.807, 2.05) is 6.92 Å². The van der Waals surface area contributed by atoms with Crippen LogP contribution in [0.25, 0.3) is 6.08 Å². The highest BCUT2D eigenvalue weighted by Gasteiger charge is 2.35. The molecule has 1 fully saturated rings. The number of benzene rings is 3. The van der Waals surface area contributed by atoms with E-state index in [0.717, 1.165) is 22.7 Å². The molecule has 3 aromatic carbocycles. The summed E-state index contributed by atoms with van der Waals surface area (Å²) in [5.74, 6) is -0.488. The molecule has 0 aromatic heterocycles. The fourth-order valence-corrected chi connectivity index (χ4v) is 4.45. The molecule has 0 saturated carbocycles. The van der Waals surface area contributed by atoms with Crippen LogP contribution in [0.5, 0.6) is 11.5 Å². The van der Waals surface area contributed by atoms with Gasteiger partial charge in [-0.05, 0) is 66.2 Å². The van der Waals surface area contributed by atoms with E-state index in [1.165, 1.54) is 18.2 Å². The highest BCUT2D eigenvalue weighted by molar-refractivity contribution is 8.18. The first-order valence-electron chi connectivity index (χ1n) is 10.7. The Kier molecular flexibility index (Phi) is 7.73. The summed E-state index contributed by atoms with van der Waals surface area (Å²) in [5, 5.41) is -0.308. The first kappa shape index (κ1) is 24.8. The molecule has 2 amide bonds. The number of imide groups is 1. The van der Waals surface area contributed by atoms with Crippen LogP contribution in [0.3, 0.4) is 0 Å². The second-order valence-electron chi connectivity index (χ2n) is 7.52. The lowest BCUT2D eigenvalue weighted by Gasteiger charge is -2.14. The van der Waals surface area contributed by atoms with Crippen molar-refractivity contribution in [1.82, 2.24) is 4.90 Å². The number of carbonyl (C=O) groups excluding carboxylic acids is 2. The number of ether oxygens (including phenoxy) is 2. The lowest BCUT2D eigenvalue weighted by atomic mass is 10.1. The number of thioether (sulfide) groups is 1. The average Bonchev–Trinajstić information content (AvgIpc) is 3.08. The SMILES string of the molecule is CCOc1cc(/C=C2\SC(=O)N(Cc3ccc(F)cc3Cl)C2=O)ccc1OCc1ccccc1F. The normalized spacial score (nSPS) is 14.6. The minimum absolute atomic E-state index is 0.0247. The summed E-state index contributed by atoms with van der Waals surface area (Å²) < 4.78 is 38.6. The van der Waals surface area contributed by atoms with Gasteiger partial charge in [0.25, 0.3) is 11.1 Å². The number of rotatable bonds is 8. The maximum Gasteiger partial charge on any atom is 0.293 e. The Bertz CT molecular complexity index is 1310. The zero-order chi connectivity index (χ0) is 24.9. The van der Waals surface area contributed by atoms with E-state index < -0.39 is 17.0 Å². The average molecular weight is 516 g/mol. The summed E-state index contributed by atoms with van der Waals surface area (Å²) in [4.78, 5) is 26.6. The van der Waals surface area contributed by atoms with Gasteiger partial charge in [-0.1, -0.05) is 41.9 Å². The van der Waals surface area contributed by atoms with Gasteiger partial charge in [-0.3, -0.25) is 14.5 Å². The molecule has 0 aliphatic carbocycles. The van der Waals surface area contributed by atoms with Crippen molar-refractivity contribution in [3.8, 4) is 11.5 Å². The summed E-state index contributed by atoms with van der Waals surface area (Å²) in [6.45, 7) is 2.15. The molecule has 1 aliphatic heterocycles. The third kappa shape index (κ3) is 5.83. The monoisotopic (exact) mass is 515 g/mol. The van der Waals surface area contributed by atoms with Crippen molar-refractivity contribution in [2.75, 3.05) is 6.61 Å². The summed E-state index contributed by atoms with van der Waals surface area (Å²) in [6, 6.07) is 15.2. The zero-order valence-corrected chi connectivity index (χ0v) is 20.2. The fourth-order valence-electron chi connectivity index (χ4n) is 3.38. The van der Waals surface area contributed by atoms with Crippen molar-refractivity contribution in [2.24, 2.45) is 0 Å². The molecular weight excluding hydrogens is 496 g/mol. The minimum Gasteiger partial charge on any atom is -0.490 e. The van der Waals surface area contributed by atoms with Crippen LogP contribution in [0.4, 0.5) is 13.6 Å². The summed E-state index contributed by atoms with van der Waals surface area (Å²) >= 11 is 6.85. The van der Waals surface area contributed by atoms with Crippen LogP contribution < -0.4 is 9.47 Å². The Hall–Kier alpha value is -3.36. The van der Waals surface area contributed by atoms with Gasteiger partial charge in [-0.25, -0.2) is 8.78 Å². The van der Waals surface area contributed by atoms with Crippen LogP contribution in [-0.4, -0.2) is 22.7 Å². The van der Waals surface area contributed by atoms with Crippen LogP contribution in [0.1, 0.15) is 23.6 Å². The standard InChI is InChI=1S/C26H20ClF2NO4S/c1-2-33-23-11-16(7-10-22(23)34-15-18-5-3-4-6-21(18)29)12-24-25(31)30(26(32)35-24)14-17-8-9-19(28)13-20(17)27/h3-13H,2,14-15H2,1H3/b24-12-. The molecule has 0 N–H and O–H groups in total. The molecule has 0 radical (unpaired) electrons. The molecule has 35 heavy (non-hydrogen) atoms. The van der Waals surface area contributed by atoms with Crippen molar-refractivity contribution < 1.29 is 27.8 Å². The molecule has 4 rings (SSSR count). The van der Waals surface area contributed by atoms with E-state index >= 15 is 0 Å². The van der Waals surface area contributed by atoms with Gasteiger partial charge < -0.3 is 9.47 Å². The molecule has 0 atom stereocenters. The molecular formula is C26H20ClF2NO4S. The number of hydrogen-bond donors (Lipinski definition) is 0. The van der Waals surface area contributed by atoms with Crippen LogP contribution in [0.15, 0.2) is 65.6 Å². The second kappa shape index (κ2) is 10.9. The van der Waals surface area contributed by atoms with Gasteiger partial charge in [0.2, 0.25) is 0 Å². The van der Waals surface area contributed by atoms with Crippen molar-refractivity contribution in [2.45, 2.75) is 20.1 Å². The van der Waals surface area contributed by atoms with Gasteiger partial charge in [-0.15, -0.1) is 0 Å². The lowest BCUT2D eigenvalue weighted by Crippen LogP contribution is -2.27. The number of amides is 2. The molecule has 1 aliphatic rings. The first-order chi connectivity index (χ1) is 16.9. The third-order valence-corrected chi connectivity index (χ3v) is 6.38. The van der Waals surface area contributed by atoms with Crippen molar-refractivity contribution >= 4 is 40.6 Å². The van der Waals surface area contributed by atoms with Gasteiger partial charge in [-0.2, -0.15) is 0 Å². The minimum atomic E-state index is -0.501. The molecule has 3 aromatic rings. The van der Waals surface area contributed by atoms with Gasteiger partial charge in [0, 0.05) is 10.6 Å². The summed E-state index contributed by atoms with van der Waals surface area (Å²) in [7, 11) is 0. The lowest BCUT2D eigenvalue weighted by molar-refractivity contribution is -0.123. The van der Waals surface area contributed by atoms with Gasteiger partial charge >= 0.3 is 0 Å². The van der Waals surface area contributed by atoms with E-state index in [2.05, 4.69) is 0 Å². The van der Waals surface area contributed by atoms with E-state index in [4.69, 9.17) is 21.1 Å². The molecule has 5 nitrogen and oxygen atoms in total. The van der Waals surface area contributed by atoms with Crippen molar-refractivity contribution in [3.05, 3.63) is 98.9 Å². The van der Waals surface area contributed by atoms with E-state index in [9.17, 15) is 18.4 Å². The van der Waals surface area contributed by atoms with Gasteiger partial charge in [0.05, 0.1) is 18.1 Å². The third-order valence-electron chi connectivity index (χ3n) is 5.12. The molecule has 9 heteroatoms. The van der Waals surface area contributed by atoms with Crippen LogP contribution >= 0.6 is 23.4 Å². The smallest absolute Gasteiger partial charge is 0.293 e. The topological polar surface area (TPSA) is 55.8 Å². The van der Waals surface area contributed by atoms with E-state index in [1.54, 1.807) is 42.5 Å². The van der Waals surface area contributed by atoms with Crippen LogP contribution in [0, 0.1) is 11.6 Å². The van der Waals surface area contributed by atoms with E-state index in [0.29, 0.717) is 34.8 Å². The van der Waals surface area contributed by atoms with Crippen molar-refractivity contribution in [3.63, 3.8) is 0 Å². The number of halogens is 3. The molecule has 0 unspecified atom stereocenters. The van der Waals surface area contributed by atoms with Crippen LogP contribution in [0.2, 0.25) is 5.02 Å². The molecule has 0 bridgehead atoms. The van der Waals surface area contributed by atoms with Gasteiger partial charge in [0.15, 0.2) is 11.5 Å². The quantitative estimate of drug-likeness (QED) is 0.308. The number of hydrogen-bond acceptors (Lipinski definition) is 5. The maximum absolute atomic E-state index is 13.9. The van der Waals surface area contributed by atoms with Gasteiger partial charge in [0.1, 0.15) is 18.2 Å². The maximum atomic E-state index is 13.9. The summed E-state index contributed by atoms with van der Waals surface area (Å²) in [5.41, 5.74) is 1.50. The molecule has 0 spiro atoms. The fraction of sp³-hybridized carbons (Fsp3) is 0.154. The Morgan fingerprint density at radius 1 is 0.971 bits per heavy atom. The second-order valence-corrected chi connectivity index (χ2v) is 8.92. The number of nitrogens with zero attached hydrogens (tertiary/aromatic N) is 1. The summed E-state index contributed by atoms with van der Waals surface area (Å²) in [6.07, 6.45) is 1.58. The largest absolute Gasteiger partial charge is 0.490 e.